The van der Waals surface area contributed by atoms with Crippen molar-refractivity contribution in [3.05, 3.63) is 48.2 Å². The van der Waals surface area contributed by atoms with Gasteiger partial charge in [0.05, 0.1) is 6.10 Å². The molecule has 0 bridgehead atoms. The van der Waals surface area contributed by atoms with Crippen molar-refractivity contribution < 1.29 is 13.9 Å². The van der Waals surface area contributed by atoms with E-state index in [-0.39, 0.29) is 23.5 Å². The van der Waals surface area contributed by atoms with Crippen molar-refractivity contribution in [1.29, 1.82) is 0 Å². The van der Waals surface area contributed by atoms with E-state index in [1.165, 1.54) is 30.6 Å². The molecule has 0 aliphatic carbocycles. The first-order valence-corrected chi connectivity index (χ1v) is 7.45. The van der Waals surface area contributed by atoms with E-state index in [4.69, 9.17) is 4.74 Å². The van der Waals surface area contributed by atoms with Gasteiger partial charge in [0, 0.05) is 24.9 Å². The number of aromatic nitrogens is 2. The predicted octanol–water partition coefficient (Wildman–Crippen LogP) is 2.46. The second kappa shape index (κ2) is 7.15. The van der Waals surface area contributed by atoms with Crippen LogP contribution in [-0.2, 0) is 4.74 Å². The Morgan fingerprint density at radius 2 is 2.13 bits per heavy atom. The van der Waals surface area contributed by atoms with Crippen LogP contribution in [0.1, 0.15) is 23.3 Å². The maximum Gasteiger partial charge on any atom is 0.274 e. The Balaban J connectivity index is 1.61. The minimum Gasteiger partial charge on any atom is -0.376 e. The Labute approximate surface area is 133 Å². The fourth-order valence-corrected chi connectivity index (χ4v) is 2.33. The van der Waals surface area contributed by atoms with Crippen LogP contribution in [0.15, 0.2) is 36.7 Å². The van der Waals surface area contributed by atoms with Gasteiger partial charge in [-0.25, -0.2) is 14.4 Å². The number of benzene rings is 1. The summed E-state index contributed by atoms with van der Waals surface area (Å²) in [7, 11) is 0. The number of halogens is 1. The molecule has 7 heteroatoms. The molecule has 1 saturated heterocycles. The summed E-state index contributed by atoms with van der Waals surface area (Å²) in [4.78, 5) is 20.2. The normalized spacial score (nSPS) is 17.0. The fraction of sp³-hybridized carbons (Fsp3) is 0.312. The van der Waals surface area contributed by atoms with Gasteiger partial charge >= 0.3 is 0 Å². The first kappa shape index (κ1) is 15.4. The fourth-order valence-electron chi connectivity index (χ4n) is 2.33. The van der Waals surface area contributed by atoms with Gasteiger partial charge in [0.25, 0.3) is 5.91 Å². The molecule has 0 spiro atoms. The zero-order valence-corrected chi connectivity index (χ0v) is 12.5. The third-order valence-corrected chi connectivity index (χ3v) is 3.54. The molecule has 3 rings (SSSR count). The van der Waals surface area contributed by atoms with Gasteiger partial charge in [-0.3, -0.25) is 4.79 Å². The lowest BCUT2D eigenvalue weighted by molar-refractivity contribution is 0.102. The van der Waals surface area contributed by atoms with E-state index in [0.29, 0.717) is 18.1 Å². The lowest BCUT2D eigenvalue weighted by Gasteiger charge is -2.11. The Morgan fingerprint density at radius 3 is 2.87 bits per heavy atom. The predicted molar refractivity (Wildman–Crippen MR) is 83.8 cm³/mol. The Kier molecular flexibility index (Phi) is 4.77. The van der Waals surface area contributed by atoms with E-state index >= 15 is 0 Å². The van der Waals surface area contributed by atoms with Crippen molar-refractivity contribution in [1.82, 2.24) is 9.97 Å². The molecule has 2 heterocycles. The number of nitrogens with zero attached hydrogens (tertiary/aromatic N) is 2. The number of carbonyl (C=O) groups excluding carboxylic acids is 1. The van der Waals surface area contributed by atoms with Crippen molar-refractivity contribution >= 4 is 17.4 Å². The monoisotopic (exact) mass is 316 g/mol. The van der Waals surface area contributed by atoms with Gasteiger partial charge in [0.1, 0.15) is 23.7 Å². The van der Waals surface area contributed by atoms with E-state index in [0.717, 1.165) is 19.4 Å². The average Bonchev–Trinajstić information content (AvgIpc) is 3.09. The van der Waals surface area contributed by atoms with Crippen LogP contribution in [0, 0.1) is 5.82 Å². The first-order valence-electron chi connectivity index (χ1n) is 7.45. The molecule has 1 aliphatic heterocycles. The van der Waals surface area contributed by atoms with Crippen LogP contribution in [0.4, 0.5) is 15.9 Å². The van der Waals surface area contributed by atoms with Crippen LogP contribution in [0.5, 0.6) is 0 Å². The first-order chi connectivity index (χ1) is 11.2. The molecule has 120 valence electrons. The zero-order chi connectivity index (χ0) is 16.1. The molecule has 0 saturated carbocycles. The van der Waals surface area contributed by atoms with Crippen LogP contribution in [0.25, 0.3) is 0 Å². The van der Waals surface area contributed by atoms with Gasteiger partial charge in [-0.2, -0.15) is 0 Å². The number of carbonyl (C=O) groups is 1. The minimum atomic E-state index is -0.376. The highest BCUT2D eigenvalue weighted by molar-refractivity contribution is 6.03. The van der Waals surface area contributed by atoms with Crippen molar-refractivity contribution in [3.8, 4) is 0 Å². The summed E-state index contributed by atoms with van der Waals surface area (Å²) in [5.41, 5.74) is 0.739. The van der Waals surface area contributed by atoms with E-state index in [9.17, 15) is 9.18 Å². The summed E-state index contributed by atoms with van der Waals surface area (Å²) in [5, 5.41) is 5.81. The second-order valence-corrected chi connectivity index (χ2v) is 5.27. The number of anilines is 2. The highest BCUT2D eigenvalue weighted by Crippen LogP contribution is 2.14. The standard InChI is InChI=1S/C16H17FN4O2/c17-11-3-5-12(6-4-11)21-16(22)14-8-15(20-10-19-14)18-9-13-2-1-7-23-13/h3-6,8,10,13H,1-2,7,9H2,(H,21,22)(H,18,19,20). The molecule has 1 fully saturated rings. The van der Waals surface area contributed by atoms with E-state index < -0.39 is 0 Å². The maximum atomic E-state index is 12.9. The lowest BCUT2D eigenvalue weighted by Crippen LogP contribution is -2.20. The molecule has 1 aromatic heterocycles. The van der Waals surface area contributed by atoms with Crippen LogP contribution < -0.4 is 10.6 Å². The van der Waals surface area contributed by atoms with Gasteiger partial charge in [-0.05, 0) is 37.1 Å². The molecule has 1 amide bonds. The van der Waals surface area contributed by atoms with E-state index in [1.807, 2.05) is 0 Å². The molecule has 1 unspecified atom stereocenters. The summed E-state index contributed by atoms with van der Waals surface area (Å²) in [6.07, 6.45) is 3.61. The van der Waals surface area contributed by atoms with E-state index in [1.54, 1.807) is 6.07 Å². The summed E-state index contributed by atoms with van der Waals surface area (Å²) in [6.45, 7) is 1.44. The largest absolute Gasteiger partial charge is 0.376 e. The van der Waals surface area contributed by atoms with Crippen molar-refractivity contribution in [2.45, 2.75) is 18.9 Å². The molecule has 2 N–H and O–H groups in total. The molecule has 23 heavy (non-hydrogen) atoms. The quantitative estimate of drug-likeness (QED) is 0.886. The van der Waals surface area contributed by atoms with Gasteiger partial charge in [-0.1, -0.05) is 0 Å². The second-order valence-electron chi connectivity index (χ2n) is 5.27. The van der Waals surface area contributed by atoms with Crippen molar-refractivity contribution in [3.63, 3.8) is 0 Å². The summed E-state index contributed by atoms with van der Waals surface area (Å²) < 4.78 is 18.4. The van der Waals surface area contributed by atoms with Crippen molar-refractivity contribution in [2.75, 3.05) is 23.8 Å². The summed E-state index contributed by atoms with van der Waals surface area (Å²) in [5.74, 6) is -0.162. The average molecular weight is 316 g/mol. The molecule has 1 aromatic carbocycles. The number of hydrogen-bond acceptors (Lipinski definition) is 5. The third kappa shape index (κ3) is 4.23. The van der Waals surface area contributed by atoms with Gasteiger partial charge in [0.15, 0.2) is 0 Å². The Morgan fingerprint density at radius 1 is 1.30 bits per heavy atom. The summed E-state index contributed by atoms with van der Waals surface area (Å²) in [6, 6.07) is 7.12. The smallest absolute Gasteiger partial charge is 0.274 e. The number of ether oxygens (including phenoxy) is 1. The molecule has 1 atom stereocenters. The number of rotatable bonds is 5. The molecule has 6 nitrogen and oxygen atoms in total. The number of amides is 1. The summed E-state index contributed by atoms with van der Waals surface area (Å²) >= 11 is 0. The van der Waals surface area contributed by atoms with Crippen LogP contribution in [0.3, 0.4) is 0 Å². The van der Waals surface area contributed by atoms with E-state index in [2.05, 4.69) is 20.6 Å². The number of nitrogens with one attached hydrogen (secondary N) is 2. The minimum absolute atomic E-state index is 0.182. The van der Waals surface area contributed by atoms with Gasteiger partial charge in [0.2, 0.25) is 0 Å². The molecular formula is C16H17FN4O2. The number of hydrogen-bond donors (Lipinski definition) is 2. The lowest BCUT2D eigenvalue weighted by atomic mass is 10.2. The molecular weight excluding hydrogens is 299 g/mol. The van der Waals surface area contributed by atoms with Crippen LogP contribution in [-0.4, -0.2) is 35.1 Å². The molecule has 1 aliphatic rings. The highest BCUT2D eigenvalue weighted by atomic mass is 19.1. The Bertz CT molecular complexity index is 672. The topological polar surface area (TPSA) is 76.1 Å². The SMILES string of the molecule is O=C(Nc1ccc(F)cc1)c1cc(NCC2CCCO2)ncn1. The van der Waals surface area contributed by atoms with Gasteiger partial charge < -0.3 is 15.4 Å². The van der Waals surface area contributed by atoms with Gasteiger partial charge in [-0.15, -0.1) is 0 Å². The zero-order valence-electron chi connectivity index (χ0n) is 12.5. The van der Waals surface area contributed by atoms with Crippen LogP contribution >= 0.6 is 0 Å². The Hall–Kier alpha value is -2.54. The third-order valence-electron chi connectivity index (χ3n) is 3.54. The van der Waals surface area contributed by atoms with Crippen LogP contribution in [0.2, 0.25) is 0 Å². The maximum absolute atomic E-state index is 12.9. The van der Waals surface area contributed by atoms with Crippen molar-refractivity contribution in [2.24, 2.45) is 0 Å². The highest BCUT2D eigenvalue weighted by Gasteiger charge is 2.15. The molecule has 0 radical (unpaired) electrons. The molecule has 2 aromatic rings.